The third-order valence-corrected chi connectivity index (χ3v) is 3.10. The zero-order chi connectivity index (χ0) is 10.6. The van der Waals surface area contributed by atoms with Gasteiger partial charge in [0.05, 0.1) is 7.11 Å². The smallest absolute Gasteiger partial charge is 0.407 e. The van der Waals surface area contributed by atoms with Crippen molar-refractivity contribution < 1.29 is 17.9 Å². The van der Waals surface area contributed by atoms with E-state index in [4.69, 9.17) is 0 Å². The Bertz CT molecular complexity index is 270. The van der Waals surface area contributed by atoms with E-state index in [0.29, 0.717) is 0 Å². The van der Waals surface area contributed by atoms with Gasteiger partial charge in [0.2, 0.25) is 0 Å². The molecule has 0 bridgehead atoms. The molecular formula is C7H15NO4S. The Balaban J connectivity index is 4.56. The molecule has 0 heterocycles. The van der Waals surface area contributed by atoms with Crippen molar-refractivity contribution in [1.82, 2.24) is 5.32 Å². The Morgan fingerprint density at radius 3 is 2.08 bits per heavy atom. The Morgan fingerprint density at radius 1 is 1.38 bits per heavy atom. The predicted molar refractivity (Wildman–Crippen MR) is 49.0 cm³/mol. The van der Waals surface area contributed by atoms with Crippen molar-refractivity contribution >= 4 is 15.9 Å². The minimum absolute atomic E-state index is 0.186. The van der Waals surface area contributed by atoms with Gasteiger partial charge in [-0.15, -0.1) is 0 Å². The maximum atomic E-state index is 11.2. The van der Waals surface area contributed by atoms with Crippen LogP contribution in [0.2, 0.25) is 0 Å². The average Bonchev–Trinajstić information content (AvgIpc) is 1.96. The van der Waals surface area contributed by atoms with Crippen LogP contribution < -0.4 is 5.32 Å². The molecule has 78 valence electrons. The van der Waals surface area contributed by atoms with Crippen LogP contribution in [-0.4, -0.2) is 33.3 Å². The van der Waals surface area contributed by atoms with Crippen molar-refractivity contribution in [2.24, 2.45) is 5.92 Å². The van der Waals surface area contributed by atoms with E-state index >= 15 is 0 Å². The molecule has 0 radical (unpaired) electrons. The Kier molecular flexibility index (Phi) is 4.19. The van der Waals surface area contributed by atoms with Gasteiger partial charge < -0.3 is 10.1 Å². The summed E-state index contributed by atoms with van der Waals surface area (Å²) in [6, 6.07) is 0. The van der Waals surface area contributed by atoms with Crippen LogP contribution in [0.4, 0.5) is 4.79 Å². The van der Waals surface area contributed by atoms with Crippen LogP contribution in [0.5, 0.6) is 0 Å². The topological polar surface area (TPSA) is 72.5 Å². The molecule has 1 amide bonds. The molecule has 0 spiro atoms. The van der Waals surface area contributed by atoms with E-state index in [1.165, 1.54) is 7.11 Å². The van der Waals surface area contributed by atoms with Crippen LogP contribution in [-0.2, 0) is 14.6 Å². The quantitative estimate of drug-likeness (QED) is 0.728. The average molecular weight is 209 g/mol. The highest BCUT2D eigenvalue weighted by Crippen LogP contribution is 2.07. The highest BCUT2D eigenvalue weighted by Gasteiger charge is 2.26. The molecule has 6 heteroatoms. The lowest BCUT2D eigenvalue weighted by Gasteiger charge is -2.19. The molecule has 0 aromatic carbocycles. The SMILES string of the molecule is COC(=O)NC(C(C)C)S(C)(=O)=O. The molecule has 0 fully saturated rings. The van der Waals surface area contributed by atoms with Gasteiger partial charge >= 0.3 is 6.09 Å². The van der Waals surface area contributed by atoms with E-state index < -0.39 is 21.3 Å². The maximum Gasteiger partial charge on any atom is 0.407 e. The van der Waals surface area contributed by atoms with Crippen LogP contribution in [0.15, 0.2) is 0 Å². The van der Waals surface area contributed by atoms with Crippen molar-refractivity contribution in [2.45, 2.75) is 19.2 Å². The lowest BCUT2D eigenvalue weighted by Crippen LogP contribution is -2.43. The minimum atomic E-state index is -3.28. The molecule has 0 aromatic rings. The number of carbonyl (C=O) groups is 1. The minimum Gasteiger partial charge on any atom is -0.453 e. The van der Waals surface area contributed by atoms with Gasteiger partial charge in [-0.3, -0.25) is 0 Å². The molecule has 0 aliphatic heterocycles. The summed E-state index contributed by atoms with van der Waals surface area (Å²) >= 11 is 0. The van der Waals surface area contributed by atoms with Gasteiger partial charge in [-0.2, -0.15) is 0 Å². The molecule has 13 heavy (non-hydrogen) atoms. The monoisotopic (exact) mass is 209 g/mol. The molecule has 1 N–H and O–H groups in total. The molecule has 5 nitrogen and oxygen atoms in total. The number of hydrogen-bond donors (Lipinski definition) is 1. The molecule has 1 atom stereocenters. The number of sulfone groups is 1. The lowest BCUT2D eigenvalue weighted by molar-refractivity contribution is 0.167. The normalized spacial score (nSPS) is 13.9. The maximum absolute atomic E-state index is 11.2. The number of carbonyl (C=O) groups excluding carboxylic acids is 1. The Hall–Kier alpha value is -0.780. The summed E-state index contributed by atoms with van der Waals surface area (Å²) in [7, 11) is -2.09. The van der Waals surface area contributed by atoms with Gasteiger partial charge in [0, 0.05) is 6.26 Å². The molecule has 0 rings (SSSR count). The van der Waals surface area contributed by atoms with Crippen molar-refractivity contribution in [3.8, 4) is 0 Å². The van der Waals surface area contributed by atoms with Gasteiger partial charge in [0.1, 0.15) is 5.37 Å². The zero-order valence-electron chi connectivity index (χ0n) is 8.20. The Labute approximate surface area is 78.4 Å². The van der Waals surface area contributed by atoms with Gasteiger partial charge in [-0.25, -0.2) is 13.2 Å². The van der Waals surface area contributed by atoms with Crippen molar-refractivity contribution in [3.63, 3.8) is 0 Å². The van der Waals surface area contributed by atoms with Crippen molar-refractivity contribution in [3.05, 3.63) is 0 Å². The zero-order valence-corrected chi connectivity index (χ0v) is 9.01. The first-order chi connectivity index (χ1) is 5.79. The van der Waals surface area contributed by atoms with Crippen LogP contribution in [0.25, 0.3) is 0 Å². The number of ether oxygens (including phenoxy) is 1. The molecule has 1 unspecified atom stereocenters. The highest BCUT2D eigenvalue weighted by molar-refractivity contribution is 7.91. The first-order valence-corrected chi connectivity index (χ1v) is 5.78. The molecule has 0 saturated carbocycles. The van der Waals surface area contributed by atoms with E-state index in [9.17, 15) is 13.2 Å². The van der Waals surface area contributed by atoms with E-state index in [2.05, 4.69) is 10.1 Å². The fraction of sp³-hybridized carbons (Fsp3) is 0.857. The predicted octanol–water partition coefficient (Wildman–Crippen LogP) is 0.369. The number of hydrogen-bond acceptors (Lipinski definition) is 4. The summed E-state index contributed by atoms with van der Waals surface area (Å²) < 4.78 is 26.6. The summed E-state index contributed by atoms with van der Waals surface area (Å²) in [5.74, 6) is -0.186. The van der Waals surface area contributed by atoms with Gasteiger partial charge in [0.15, 0.2) is 9.84 Å². The third-order valence-electron chi connectivity index (χ3n) is 1.51. The van der Waals surface area contributed by atoms with E-state index in [0.717, 1.165) is 6.26 Å². The van der Waals surface area contributed by atoms with E-state index in [-0.39, 0.29) is 5.92 Å². The van der Waals surface area contributed by atoms with Gasteiger partial charge in [0.25, 0.3) is 0 Å². The first kappa shape index (κ1) is 12.2. The Morgan fingerprint density at radius 2 is 1.85 bits per heavy atom. The standard InChI is InChI=1S/C7H15NO4S/c1-5(2)6(13(4,10)11)8-7(9)12-3/h5-6H,1-4H3,(H,8,9). The molecular weight excluding hydrogens is 194 g/mol. The lowest BCUT2D eigenvalue weighted by atomic mass is 10.2. The summed E-state index contributed by atoms with van der Waals surface area (Å²) in [4.78, 5) is 10.8. The van der Waals surface area contributed by atoms with Crippen LogP contribution in [0.1, 0.15) is 13.8 Å². The second-order valence-corrected chi connectivity index (χ2v) is 5.30. The number of amides is 1. The van der Waals surface area contributed by atoms with Crippen molar-refractivity contribution in [2.75, 3.05) is 13.4 Å². The van der Waals surface area contributed by atoms with Crippen LogP contribution in [0, 0.1) is 5.92 Å². The number of rotatable bonds is 3. The van der Waals surface area contributed by atoms with Crippen molar-refractivity contribution in [1.29, 1.82) is 0 Å². The fourth-order valence-corrected chi connectivity index (χ4v) is 2.24. The van der Waals surface area contributed by atoms with Crippen LogP contribution >= 0.6 is 0 Å². The van der Waals surface area contributed by atoms with Crippen LogP contribution in [0.3, 0.4) is 0 Å². The molecule has 0 aliphatic carbocycles. The first-order valence-electron chi connectivity index (χ1n) is 3.82. The van der Waals surface area contributed by atoms with Gasteiger partial charge in [-0.05, 0) is 5.92 Å². The third kappa shape index (κ3) is 4.12. The number of nitrogens with one attached hydrogen (secondary N) is 1. The number of alkyl carbamates (subject to hydrolysis) is 1. The number of methoxy groups -OCH3 is 1. The molecule has 0 aliphatic rings. The fourth-order valence-electron chi connectivity index (χ4n) is 0.943. The second-order valence-electron chi connectivity index (χ2n) is 3.13. The van der Waals surface area contributed by atoms with E-state index in [1.54, 1.807) is 13.8 Å². The van der Waals surface area contributed by atoms with E-state index in [1.807, 2.05) is 0 Å². The summed E-state index contributed by atoms with van der Waals surface area (Å²) in [5, 5.41) is 1.37. The summed E-state index contributed by atoms with van der Waals surface area (Å²) in [6.07, 6.45) is 0.345. The molecule has 0 aromatic heterocycles. The highest BCUT2D eigenvalue weighted by atomic mass is 32.2. The molecule has 0 saturated heterocycles. The van der Waals surface area contributed by atoms with Gasteiger partial charge in [-0.1, -0.05) is 13.8 Å². The largest absolute Gasteiger partial charge is 0.453 e. The summed E-state index contributed by atoms with van der Waals surface area (Å²) in [6.45, 7) is 3.42. The summed E-state index contributed by atoms with van der Waals surface area (Å²) in [5.41, 5.74) is 0. The second kappa shape index (κ2) is 4.45.